The van der Waals surface area contributed by atoms with Gasteiger partial charge in [0.1, 0.15) is 0 Å². The molecule has 0 saturated heterocycles. The third-order valence-electron chi connectivity index (χ3n) is 4.42. The first-order valence-corrected chi connectivity index (χ1v) is 7.81. The molecule has 1 aliphatic carbocycles. The molecule has 3 rings (SSSR count). The van der Waals surface area contributed by atoms with Crippen molar-refractivity contribution in [3.63, 3.8) is 0 Å². The molecule has 0 fully saturated rings. The normalized spacial score (nSPS) is 16.9. The van der Waals surface area contributed by atoms with Crippen molar-refractivity contribution in [1.82, 2.24) is 5.32 Å². The summed E-state index contributed by atoms with van der Waals surface area (Å²) >= 11 is 0. The van der Waals surface area contributed by atoms with E-state index in [2.05, 4.69) is 11.4 Å². The van der Waals surface area contributed by atoms with E-state index < -0.39 is 0 Å². The summed E-state index contributed by atoms with van der Waals surface area (Å²) in [6.07, 6.45) is 3.10. The number of nitrogens with two attached hydrogens (primary N) is 1. The number of rotatable bonds is 2. The van der Waals surface area contributed by atoms with Gasteiger partial charge < -0.3 is 11.1 Å². The molecule has 3 nitrogen and oxygen atoms in total. The fraction of sp³-hybridized carbons (Fsp3) is 0.316. The van der Waals surface area contributed by atoms with Gasteiger partial charge in [0.05, 0.1) is 6.04 Å². The van der Waals surface area contributed by atoms with E-state index in [-0.39, 0.29) is 11.9 Å². The lowest BCUT2D eigenvalue weighted by Gasteiger charge is -2.27. The van der Waals surface area contributed by atoms with Crippen LogP contribution in [-0.2, 0) is 6.42 Å². The van der Waals surface area contributed by atoms with Gasteiger partial charge in [0, 0.05) is 11.3 Å². The molecule has 2 aromatic carbocycles. The van der Waals surface area contributed by atoms with Crippen LogP contribution in [0.1, 0.15) is 51.5 Å². The van der Waals surface area contributed by atoms with Crippen molar-refractivity contribution >= 4 is 11.6 Å². The van der Waals surface area contributed by atoms with Gasteiger partial charge in [0.2, 0.25) is 0 Å². The van der Waals surface area contributed by atoms with Crippen molar-refractivity contribution in [2.24, 2.45) is 0 Å². The molecule has 0 aromatic heterocycles. The van der Waals surface area contributed by atoms with Crippen LogP contribution in [0.4, 0.5) is 5.69 Å². The van der Waals surface area contributed by atoms with Crippen LogP contribution < -0.4 is 11.1 Å². The Morgan fingerprint density at radius 1 is 1.18 bits per heavy atom. The molecule has 1 unspecified atom stereocenters. The lowest BCUT2D eigenvalue weighted by Crippen LogP contribution is -2.31. The molecule has 1 atom stereocenters. The van der Waals surface area contributed by atoms with E-state index in [1.165, 1.54) is 11.1 Å². The van der Waals surface area contributed by atoms with E-state index >= 15 is 0 Å². The highest BCUT2D eigenvalue weighted by atomic mass is 16.1. The Labute approximate surface area is 131 Å². The van der Waals surface area contributed by atoms with Gasteiger partial charge in [0.25, 0.3) is 5.91 Å². The first-order chi connectivity index (χ1) is 10.5. The van der Waals surface area contributed by atoms with Gasteiger partial charge in [-0.25, -0.2) is 0 Å². The molecule has 0 bridgehead atoms. The van der Waals surface area contributed by atoms with Gasteiger partial charge in [-0.3, -0.25) is 4.79 Å². The molecular formula is C19H22N2O. The molecular weight excluding hydrogens is 272 g/mol. The number of carbonyl (C=O) groups excluding carboxylic acids is 1. The second-order valence-electron chi connectivity index (χ2n) is 6.19. The second kappa shape index (κ2) is 5.84. The summed E-state index contributed by atoms with van der Waals surface area (Å²) in [6, 6.07) is 12.1. The minimum absolute atomic E-state index is 0.0101. The lowest BCUT2D eigenvalue weighted by atomic mass is 9.87. The molecule has 0 radical (unpaired) electrons. The average molecular weight is 294 g/mol. The Hall–Kier alpha value is -2.29. The number of nitrogen functional groups attached to an aromatic ring is 1. The SMILES string of the molecule is Cc1ccc(C)c(C(=O)NC2CCCc3cc(N)ccc32)c1. The molecule has 2 aromatic rings. The van der Waals surface area contributed by atoms with E-state index in [0.717, 1.165) is 41.6 Å². The standard InChI is InChI=1S/C19H22N2O/c1-12-6-7-13(2)17(10-12)19(22)21-18-5-3-4-14-11-15(20)8-9-16(14)18/h6-11,18H,3-5,20H2,1-2H3,(H,21,22). The Kier molecular flexibility index (Phi) is 3.88. The number of hydrogen-bond acceptors (Lipinski definition) is 2. The highest BCUT2D eigenvalue weighted by Gasteiger charge is 2.22. The predicted molar refractivity (Wildman–Crippen MR) is 89.9 cm³/mol. The second-order valence-corrected chi connectivity index (χ2v) is 6.19. The van der Waals surface area contributed by atoms with Crippen LogP contribution in [0.3, 0.4) is 0 Å². The van der Waals surface area contributed by atoms with Gasteiger partial charge in [-0.1, -0.05) is 23.8 Å². The topological polar surface area (TPSA) is 55.1 Å². The van der Waals surface area contributed by atoms with Crippen molar-refractivity contribution < 1.29 is 4.79 Å². The molecule has 0 aliphatic heterocycles. The highest BCUT2D eigenvalue weighted by molar-refractivity contribution is 5.96. The van der Waals surface area contributed by atoms with Crippen LogP contribution in [0.2, 0.25) is 0 Å². The molecule has 114 valence electrons. The predicted octanol–water partition coefficient (Wildman–Crippen LogP) is 3.69. The number of aryl methyl sites for hydroxylation is 3. The number of nitrogens with one attached hydrogen (secondary N) is 1. The third-order valence-corrected chi connectivity index (χ3v) is 4.42. The summed E-state index contributed by atoms with van der Waals surface area (Å²) in [5.74, 6) is 0.0101. The minimum Gasteiger partial charge on any atom is -0.399 e. The van der Waals surface area contributed by atoms with Crippen LogP contribution in [0.5, 0.6) is 0 Å². The van der Waals surface area contributed by atoms with Crippen molar-refractivity contribution in [3.8, 4) is 0 Å². The van der Waals surface area contributed by atoms with Gasteiger partial charge in [-0.2, -0.15) is 0 Å². The monoisotopic (exact) mass is 294 g/mol. The van der Waals surface area contributed by atoms with Gasteiger partial charge in [0.15, 0.2) is 0 Å². The van der Waals surface area contributed by atoms with E-state index in [1.807, 2.05) is 44.2 Å². The Balaban J connectivity index is 1.85. The van der Waals surface area contributed by atoms with Gasteiger partial charge in [-0.05, 0) is 68.0 Å². The largest absolute Gasteiger partial charge is 0.399 e. The summed E-state index contributed by atoms with van der Waals surface area (Å²) in [5, 5.41) is 3.20. The molecule has 3 N–H and O–H groups in total. The minimum atomic E-state index is 0.0101. The van der Waals surface area contributed by atoms with E-state index in [9.17, 15) is 4.79 Å². The summed E-state index contributed by atoms with van der Waals surface area (Å²) in [7, 11) is 0. The van der Waals surface area contributed by atoms with Crippen molar-refractivity contribution in [2.75, 3.05) is 5.73 Å². The van der Waals surface area contributed by atoms with E-state index in [0.29, 0.717) is 0 Å². The fourth-order valence-corrected chi connectivity index (χ4v) is 3.20. The molecule has 0 saturated carbocycles. The summed E-state index contributed by atoms with van der Waals surface area (Å²) in [4.78, 5) is 12.6. The molecule has 22 heavy (non-hydrogen) atoms. The zero-order chi connectivity index (χ0) is 15.7. The molecule has 0 spiro atoms. The van der Waals surface area contributed by atoms with Crippen LogP contribution in [0, 0.1) is 13.8 Å². The van der Waals surface area contributed by atoms with Gasteiger partial charge >= 0.3 is 0 Å². The van der Waals surface area contributed by atoms with Gasteiger partial charge in [-0.15, -0.1) is 0 Å². The van der Waals surface area contributed by atoms with Crippen LogP contribution in [0.25, 0.3) is 0 Å². The number of fused-ring (bicyclic) bond motifs is 1. The molecule has 1 amide bonds. The quantitative estimate of drug-likeness (QED) is 0.830. The number of benzene rings is 2. The summed E-state index contributed by atoms with van der Waals surface area (Å²) < 4.78 is 0. The maximum absolute atomic E-state index is 12.6. The van der Waals surface area contributed by atoms with E-state index in [1.54, 1.807) is 0 Å². The summed E-state index contributed by atoms with van der Waals surface area (Å²) in [6.45, 7) is 3.98. The Morgan fingerprint density at radius 3 is 2.82 bits per heavy atom. The van der Waals surface area contributed by atoms with Crippen LogP contribution >= 0.6 is 0 Å². The molecule has 0 heterocycles. The fourth-order valence-electron chi connectivity index (χ4n) is 3.20. The number of amides is 1. The van der Waals surface area contributed by atoms with Crippen LogP contribution in [0.15, 0.2) is 36.4 Å². The van der Waals surface area contributed by atoms with Crippen LogP contribution in [-0.4, -0.2) is 5.91 Å². The number of carbonyl (C=O) groups is 1. The average Bonchev–Trinajstić information content (AvgIpc) is 2.49. The van der Waals surface area contributed by atoms with Crippen molar-refractivity contribution in [2.45, 2.75) is 39.2 Å². The smallest absolute Gasteiger partial charge is 0.252 e. The maximum Gasteiger partial charge on any atom is 0.252 e. The molecule has 1 aliphatic rings. The van der Waals surface area contributed by atoms with E-state index in [4.69, 9.17) is 5.73 Å². The Morgan fingerprint density at radius 2 is 2.00 bits per heavy atom. The zero-order valence-electron chi connectivity index (χ0n) is 13.1. The summed E-state index contributed by atoms with van der Waals surface area (Å²) in [5.41, 5.74) is 12.0. The van der Waals surface area contributed by atoms with Crippen molar-refractivity contribution in [3.05, 3.63) is 64.2 Å². The zero-order valence-corrected chi connectivity index (χ0v) is 13.1. The number of anilines is 1. The highest BCUT2D eigenvalue weighted by Crippen LogP contribution is 2.31. The lowest BCUT2D eigenvalue weighted by molar-refractivity contribution is 0.0932. The Bertz CT molecular complexity index is 721. The molecule has 3 heteroatoms. The third kappa shape index (κ3) is 2.84. The van der Waals surface area contributed by atoms with Crippen molar-refractivity contribution in [1.29, 1.82) is 0 Å². The first kappa shape index (κ1) is 14.6. The number of hydrogen-bond donors (Lipinski definition) is 2. The first-order valence-electron chi connectivity index (χ1n) is 7.81. The maximum atomic E-state index is 12.6.